The zero-order chi connectivity index (χ0) is 19.0. The summed E-state index contributed by atoms with van der Waals surface area (Å²) < 4.78 is 30.6. The Bertz CT molecular complexity index is 1080. The highest BCUT2D eigenvalue weighted by atomic mass is 32.1. The Morgan fingerprint density at radius 2 is 2.04 bits per heavy atom. The van der Waals surface area contributed by atoms with Gasteiger partial charge in [0.15, 0.2) is 17.3 Å². The van der Waals surface area contributed by atoms with E-state index in [2.05, 4.69) is 15.0 Å². The summed E-state index contributed by atoms with van der Waals surface area (Å²) in [7, 11) is 0. The Kier molecular flexibility index (Phi) is 4.54. The number of halogens is 2. The van der Waals surface area contributed by atoms with Crippen LogP contribution in [0.1, 0.15) is 28.7 Å². The molecule has 6 nitrogen and oxygen atoms in total. The van der Waals surface area contributed by atoms with Crippen molar-refractivity contribution < 1.29 is 18.3 Å². The summed E-state index contributed by atoms with van der Waals surface area (Å²) in [5.74, 6) is -0.293. The molecule has 0 saturated carbocycles. The van der Waals surface area contributed by atoms with Crippen LogP contribution in [-0.2, 0) is 0 Å². The van der Waals surface area contributed by atoms with Crippen molar-refractivity contribution in [3.05, 3.63) is 58.9 Å². The molecule has 0 spiro atoms. The molecule has 0 bridgehead atoms. The molecular formula is C18H14F2N4O2S. The van der Waals surface area contributed by atoms with Gasteiger partial charge in [-0.2, -0.15) is 0 Å². The van der Waals surface area contributed by atoms with Crippen LogP contribution in [0.3, 0.4) is 0 Å². The van der Waals surface area contributed by atoms with Gasteiger partial charge < -0.3 is 15.3 Å². The fourth-order valence-corrected chi connectivity index (χ4v) is 3.89. The summed E-state index contributed by atoms with van der Waals surface area (Å²) in [6, 6.07) is 9.88. The van der Waals surface area contributed by atoms with Crippen molar-refractivity contribution in [2.24, 2.45) is 0 Å². The predicted octanol–water partition coefficient (Wildman–Crippen LogP) is 3.99. The van der Waals surface area contributed by atoms with Crippen molar-refractivity contribution in [3.63, 3.8) is 0 Å². The molecule has 9 heteroatoms. The fourth-order valence-electron chi connectivity index (χ4n) is 2.75. The van der Waals surface area contributed by atoms with Crippen LogP contribution in [0.15, 0.2) is 47.0 Å². The van der Waals surface area contributed by atoms with E-state index < -0.39 is 12.2 Å². The summed E-state index contributed by atoms with van der Waals surface area (Å²) in [4.78, 5) is 14.3. The molecule has 4 aromatic rings. The predicted molar refractivity (Wildman–Crippen MR) is 97.7 cm³/mol. The monoisotopic (exact) mass is 388 g/mol. The number of fused-ring (bicyclic) bond motifs is 1. The number of nitrogens with zero attached hydrogens (tertiary/aromatic N) is 3. The van der Waals surface area contributed by atoms with E-state index in [-0.39, 0.29) is 29.9 Å². The van der Waals surface area contributed by atoms with E-state index in [4.69, 9.17) is 10.2 Å². The van der Waals surface area contributed by atoms with Gasteiger partial charge in [-0.15, -0.1) is 11.3 Å². The number of anilines is 1. The van der Waals surface area contributed by atoms with E-state index >= 15 is 0 Å². The number of hydrogen-bond acceptors (Lipinski definition) is 7. The molecule has 4 heterocycles. The highest BCUT2D eigenvalue weighted by molar-refractivity contribution is 7.18. The minimum Gasteiger partial charge on any atom is -0.452 e. The maximum absolute atomic E-state index is 12.7. The maximum Gasteiger partial charge on any atom is 0.295 e. The van der Waals surface area contributed by atoms with Gasteiger partial charge >= 0.3 is 0 Å². The summed E-state index contributed by atoms with van der Waals surface area (Å²) in [5, 5.41) is 10.5. The molecule has 0 saturated heterocycles. The lowest BCUT2D eigenvalue weighted by atomic mass is 10.0. The van der Waals surface area contributed by atoms with Crippen LogP contribution in [0.5, 0.6) is 0 Å². The SMILES string of the molecule is Nc1nc(-c2ccc(C(F)F)o2)nc2sc(C(CO)c3ccccn3)cc12. The third-order valence-electron chi connectivity index (χ3n) is 4.07. The summed E-state index contributed by atoms with van der Waals surface area (Å²) in [6.07, 6.45) is -1.05. The van der Waals surface area contributed by atoms with Crippen molar-refractivity contribution in [2.75, 3.05) is 12.3 Å². The van der Waals surface area contributed by atoms with Crippen LogP contribution >= 0.6 is 11.3 Å². The smallest absolute Gasteiger partial charge is 0.295 e. The average molecular weight is 388 g/mol. The first kappa shape index (κ1) is 17.5. The van der Waals surface area contributed by atoms with Gasteiger partial charge in [0, 0.05) is 11.1 Å². The average Bonchev–Trinajstić information content (AvgIpc) is 3.31. The Morgan fingerprint density at radius 1 is 1.19 bits per heavy atom. The number of aromatic nitrogens is 3. The van der Waals surface area contributed by atoms with Crippen molar-refractivity contribution in [3.8, 4) is 11.6 Å². The van der Waals surface area contributed by atoms with Gasteiger partial charge in [-0.3, -0.25) is 4.98 Å². The van der Waals surface area contributed by atoms with E-state index in [0.29, 0.717) is 10.2 Å². The summed E-state index contributed by atoms with van der Waals surface area (Å²) in [5.41, 5.74) is 6.77. The molecule has 138 valence electrons. The third kappa shape index (κ3) is 3.26. The number of aliphatic hydroxyl groups excluding tert-OH is 1. The second-order valence-electron chi connectivity index (χ2n) is 5.79. The maximum atomic E-state index is 12.7. The molecule has 0 aromatic carbocycles. The topological polar surface area (TPSA) is 98.1 Å². The first-order valence-corrected chi connectivity index (χ1v) is 8.85. The van der Waals surface area contributed by atoms with Gasteiger partial charge in [0.1, 0.15) is 10.6 Å². The molecule has 4 aromatic heterocycles. The van der Waals surface area contributed by atoms with E-state index in [1.807, 2.05) is 18.2 Å². The van der Waals surface area contributed by atoms with Gasteiger partial charge in [-0.1, -0.05) is 6.07 Å². The quantitative estimate of drug-likeness (QED) is 0.536. The number of furan rings is 1. The summed E-state index contributed by atoms with van der Waals surface area (Å²) >= 11 is 1.34. The molecule has 0 amide bonds. The second-order valence-corrected chi connectivity index (χ2v) is 6.85. The minimum atomic E-state index is -2.71. The molecule has 0 fully saturated rings. The normalized spacial score (nSPS) is 12.7. The largest absolute Gasteiger partial charge is 0.452 e. The lowest BCUT2D eigenvalue weighted by molar-refractivity contribution is 0.122. The van der Waals surface area contributed by atoms with Crippen LogP contribution in [0.2, 0.25) is 0 Å². The van der Waals surface area contributed by atoms with E-state index in [1.54, 1.807) is 12.3 Å². The first-order chi connectivity index (χ1) is 13.1. The minimum absolute atomic E-state index is 0.122. The van der Waals surface area contributed by atoms with Crippen LogP contribution in [0, 0.1) is 0 Å². The van der Waals surface area contributed by atoms with Crippen LogP contribution in [0.25, 0.3) is 21.8 Å². The van der Waals surface area contributed by atoms with Crippen molar-refractivity contribution >= 4 is 27.4 Å². The molecule has 0 radical (unpaired) electrons. The van der Waals surface area contributed by atoms with Crippen LogP contribution < -0.4 is 5.73 Å². The highest BCUT2D eigenvalue weighted by Gasteiger charge is 2.21. The lowest BCUT2D eigenvalue weighted by Gasteiger charge is -2.10. The molecule has 0 aliphatic rings. The Morgan fingerprint density at radius 3 is 2.70 bits per heavy atom. The lowest BCUT2D eigenvalue weighted by Crippen LogP contribution is -2.05. The van der Waals surface area contributed by atoms with E-state index in [9.17, 15) is 13.9 Å². The number of hydrogen-bond donors (Lipinski definition) is 2. The first-order valence-electron chi connectivity index (χ1n) is 8.04. The van der Waals surface area contributed by atoms with Gasteiger partial charge in [0.25, 0.3) is 6.43 Å². The van der Waals surface area contributed by atoms with Crippen molar-refractivity contribution in [1.82, 2.24) is 15.0 Å². The van der Waals surface area contributed by atoms with Crippen LogP contribution in [0.4, 0.5) is 14.6 Å². The van der Waals surface area contributed by atoms with Crippen molar-refractivity contribution in [1.29, 1.82) is 0 Å². The molecule has 1 atom stereocenters. The standard InChI is InChI=1S/C18H14F2N4O2S/c19-15(20)12-4-5-13(26-12)17-23-16(21)9-7-14(27-18(9)24-17)10(8-25)11-3-1-2-6-22-11/h1-7,10,15,25H,8H2,(H2,21,23,24). The van der Waals surface area contributed by atoms with E-state index in [0.717, 1.165) is 10.6 Å². The molecule has 0 aliphatic heterocycles. The van der Waals surface area contributed by atoms with Gasteiger partial charge in [-0.25, -0.2) is 18.7 Å². The second kappa shape index (κ2) is 7.01. The number of pyridine rings is 1. The molecule has 27 heavy (non-hydrogen) atoms. The third-order valence-corrected chi connectivity index (χ3v) is 5.22. The molecule has 1 unspecified atom stereocenters. The molecule has 0 aliphatic carbocycles. The summed E-state index contributed by atoms with van der Waals surface area (Å²) in [6.45, 7) is -0.125. The fraction of sp³-hybridized carbons (Fsp3) is 0.167. The van der Waals surface area contributed by atoms with Gasteiger partial charge in [0.2, 0.25) is 0 Å². The number of rotatable bonds is 5. The zero-order valence-corrected chi connectivity index (χ0v) is 14.7. The van der Waals surface area contributed by atoms with Gasteiger partial charge in [0.05, 0.1) is 23.6 Å². The Labute approximate surface area is 156 Å². The molecular weight excluding hydrogens is 374 g/mol. The van der Waals surface area contributed by atoms with Crippen LogP contribution in [-0.4, -0.2) is 26.7 Å². The Hall–Kier alpha value is -2.91. The van der Waals surface area contributed by atoms with E-state index in [1.165, 1.54) is 23.5 Å². The molecule has 3 N–H and O–H groups in total. The Balaban J connectivity index is 1.77. The number of aliphatic hydroxyl groups is 1. The number of nitrogen functional groups attached to an aromatic ring is 1. The van der Waals surface area contributed by atoms with Crippen molar-refractivity contribution in [2.45, 2.75) is 12.3 Å². The molecule has 4 rings (SSSR count). The van der Waals surface area contributed by atoms with Gasteiger partial charge in [-0.05, 0) is 30.3 Å². The number of alkyl halides is 2. The zero-order valence-electron chi connectivity index (χ0n) is 13.8. The number of thiophene rings is 1. The highest BCUT2D eigenvalue weighted by Crippen LogP contribution is 2.36. The number of nitrogens with two attached hydrogens (primary N) is 1.